The molecule has 2 atom stereocenters. The van der Waals surface area contributed by atoms with E-state index in [1.807, 2.05) is 0 Å². The van der Waals surface area contributed by atoms with Crippen molar-refractivity contribution in [2.75, 3.05) is 18.5 Å². The van der Waals surface area contributed by atoms with Crippen LogP contribution in [0.5, 0.6) is 0 Å². The Morgan fingerprint density at radius 1 is 1.24 bits per heavy atom. The molecular formula is C20H26FN3O5. The van der Waals surface area contributed by atoms with E-state index in [0.717, 1.165) is 5.39 Å². The number of nitrogens with two attached hydrogens (primary N) is 1. The van der Waals surface area contributed by atoms with Crippen molar-refractivity contribution < 1.29 is 28.6 Å². The summed E-state index contributed by atoms with van der Waals surface area (Å²) in [6, 6.07) is 5.09. The fourth-order valence-corrected chi connectivity index (χ4v) is 2.43. The number of aliphatic hydroxyl groups is 1. The Hall–Kier alpha value is -2.78. The molecule has 0 spiro atoms. The molecule has 1 unspecified atom stereocenters. The molecule has 0 aliphatic heterocycles. The van der Waals surface area contributed by atoms with Crippen molar-refractivity contribution in [1.82, 2.24) is 4.98 Å². The Kier molecular flexibility index (Phi) is 8.29. The largest absolute Gasteiger partial charge is 0.462 e. The molecule has 4 N–H and O–H groups in total. The Morgan fingerprint density at radius 3 is 2.72 bits per heavy atom. The molecule has 2 aromatic rings. The minimum Gasteiger partial charge on any atom is -0.462 e. The average Bonchev–Trinajstić information content (AvgIpc) is 2.68. The van der Waals surface area contributed by atoms with Crippen LogP contribution in [0.3, 0.4) is 0 Å². The van der Waals surface area contributed by atoms with Crippen LogP contribution < -0.4 is 11.1 Å². The summed E-state index contributed by atoms with van der Waals surface area (Å²) in [6.07, 6.45) is 0.593. The van der Waals surface area contributed by atoms with Crippen molar-refractivity contribution in [2.45, 2.75) is 38.8 Å². The summed E-state index contributed by atoms with van der Waals surface area (Å²) >= 11 is 0. The first-order valence-corrected chi connectivity index (χ1v) is 9.35. The van der Waals surface area contributed by atoms with Gasteiger partial charge in [0.1, 0.15) is 24.3 Å². The fourth-order valence-electron chi connectivity index (χ4n) is 2.43. The van der Waals surface area contributed by atoms with Gasteiger partial charge in [-0.2, -0.15) is 0 Å². The lowest BCUT2D eigenvalue weighted by Gasteiger charge is -2.16. The van der Waals surface area contributed by atoms with Crippen LogP contribution in [0.15, 0.2) is 30.5 Å². The van der Waals surface area contributed by atoms with Gasteiger partial charge in [-0.05, 0) is 48.4 Å². The molecule has 0 radical (unpaired) electrons. The second-order valence-corrected chi connectivity index (χ2v) is 7.02. The normalized spacial score (nSPS) is 13.2. The van der Waals surface area contributed by atoms with E-state index in [1.165, 1.54) is 18.3 Å². The summed E-state index contributed by atoms with van der Waals surface area (Å²) < 4.78 is 23.3. The summed E-state index contributed by atoms with van der Waals surface area (Å²) in [4.78, 5) is 27.5. The lowest BCUT2D eigenvalue weighted by atomic mass is 10.1. The van der Waals surface area contributed by atoms with Gasteiger partial charge in [-0.3, -0.25) is 10.1 Å². The summed E-state index contributed by atoms with van der Waals surface area (Å²) in [7, 11) is 0. The predicted molar refractivity (Wildman–Crippen MR) is 106 cm³/mol. The third-order valence-electron chi connectivity index (χ3n) is 4.24. The van der Waals surface area contributed by atoms with Crippen LogP contribution in [0.1, 0.15) is 26.7 Å². The lowest BCUT2D eigenvalue weighted by molar-refractivity contribution is -0.149. The smallest absolute Gasteiger partial charge is 0.412 e. The molecule has 0 saturated heterocycles. The molecule has 0 aliphatic rings. The lowest BCUT2D eigenvalue weighted by Crippen LogP contribution is -2.38. The number of aromatic nitrogens is 1. The SMILES string of the molecule is CC(C)[C@H](N)C(=O)OCC(O)CCCOC(=O)Nc1cc2cc(F)ccc2cn1. The van der Waals surface area contributed by atoms with Gasteiger partial charge in [0, 0.05) is 11.6 Å². The maximum atomic E-state index is 13.3. The number of pyridine rings is 1. The number of hydrogen-bond donors (Lipinski definition) is 3. The van der Waals surface area contributed by atoms with Crippen molar-refractivity contribution in [3.8, 4) is 0 Å². The minimum absolute atomic E-state index is 0.0531. The Morgan fingerprint density at radius 2 is 2.00 bits per heavy atom. The van der Waals surface area contributed by atoms with Crippen LogP contribution in [-0.4, -0.2) is 47.5 Å². The van der Waals surface area contributed by atoms with Crippen LogP contribution >= 0.6 is 0 Å². The molecule has 1 amide bonds. The number of rotatable bonds is 9. The van der Waals surface area contributed by atoms with Gasteiger partial charge in [-0.1, -0.05) is 13.8 Å². The summed E-state index contributed by atoms with van der Waals surface area (Å²) in [5.74, 6) is -0.755. The number of carbonyl (C=O) groups is 2. The molecule has 1 aromatic heterocycles. The van der Waals surface area contributed by atoms with Crippen molar-refractivity contribution in [2.24, 2.45) is 11.7 Å². The van der Waals surface area contributed by atoms with E-state index in [9.17, 15) is 19.1 Å². The van der Waals surface area contributed by atoms with Crippen molar-refractivity contribution in [3.63, 3.8) is 0 Å². The number of hydrogen-bond acceptors (Lipinski definition) is 7. The van der Waals surface area contributed by atoms with E-state index < -0.39 is 24.2 Å². The van der Waals surface area contributed by atoms with Crippen LogP contribution in [0, 0.1) is 11.7 Å². The predicted octanol–water partition coefficient (Wildman–Crippen LogP) is 2.59. The van der Waals surface area contributed by atoms with Crippen molar-refractivity contribution in [3.05, 3.63) is 36.3 Å². The standard InChI is InChI=1S/C20H26FN3O5/c1-12(2)18(22)19(26)29-11-16(25)4-3-7-28-20(27)24-17-9-14-8-15(21)6-5-13(14)10-23-17/h5-6,8-10,12,16,18,25H,3-4,7,11,22H2,1-2H3,(H,23,24,27)/t16?,18-/m0/s1. The molecule has 0 saturated carbocycles. The number of fused-ring (bicyclic) bond motifs is 1. The van der Waals surface area contributed by atoms with E-state index >= 15 is 0 Å². The van der Waals surface area contributed by atoms with Crippen LogP contribution in [0.4, 0.5) is 15.0 Å². The fraction of sp³-hybridized carbons (Fsp3) is 0.450. The number of ether oxygens (including phenoxy) is 2. The second-order valence-electron chi connectivity index (χ2n) is 7.02. The zero-order chi connectivity index (χ0) is 21.4. The van der Waals surface area contributed by atoms with Crippen molar-refractivity contribution >= 4 is 28.7 Å². The summed E-state index contributed by atoms with van der Waals surface area (Å²) in [6.45, 7) is 3.50. The first kappa shape index (κ1) is 22.5. The van der Waals surface area contributed by atoms with E-state index in [4.69, 9.17) is 15.2 Å². The van der Waals surface area contributed by atoms with E-state index in [1.54, 1.807) is 26.0 Å². The van der Waals surface area contributed by atoms with E-state index in [-0.39, 0.29) is 37.2 Å². The zero-order valence-electron chi connectivity index (χ0n) is 16.4. The van der Waals surface area contributed by atoms with Gasteiger partial charge in [0.2, 0.25) is 0 Å². The Bertz CT molecular complexity index is 846. The molecule has 0 aliphatic carbocycles. The Balaban J connectivity index is 1.67. The highest BCUT2D eigenvalue weighted by Crippen LogP contribution is 2.18. The van der Waals surface area contributed by atoms with Crippen molar-refractivity contribution in [1.29, 1.82) is 0 Å². The summed E-state index contributed by atoms with van der Waals surface area (Å²) in [5, 5.41) is 13.6. The van der Waals surface area contributed by atoms with E-state index in [2.05, 4.69) is 10.3 Å². The zero-order valence-corrected chi connectivity index (χ0v) is 16.4. The molecule has 29 heavy (non-hydrogen) atoms. The highest BCUT2D eigenvalue weighted by atomic mass is 19.1. The van der Waals surface area contributed by atoms with Crippen LogP contribution in [0.2, 0.25) is 0 Å². The number of esters is 1. The van der Waals surface area contributed by atoms with Crippen LogP contribution in [-0.2, 0) is 14.3 Å². The summed E-state index contributed by atoms with van der Waals surface area (Å²) in [5.41, 5.74) is 5.66. The molecule has 9 heteroatoms. The number of nitrogens with one attached hydrogen (secondary N) is 1. The first-order valence-electron chi connectivity index (χ1n) is 9.35. The van der Waals surface area contributed by atoms with Gasteiger partial charge in [0.25, 0.3) is 0 Å². The number of nitrogens with zero attached hydrogens (tertiary/aromatic N) is 1. The van der Waals surface area contributed by atoms with E-state index in [0.29, 0.717) is 11.8 Å². The molecule has 158 valence electrons. The number of aliphatic hydroxyl groups excluding tert-OH is 1. The van der Waals surface area contributed by atoms with Gasteiger partial charge < -0.3 is 20.3 Å². The van der Waals surface area contributed by atoms with Gasteiger partial charge in [0.05, 0.1) is 12.7 Å². The third-order valence-corrected chi connectivity index (χ3v) is 4.24. The molecule has 1 heterocycles. The minimum atomic E-state index is -0.873. The maximum Gasteiger partial charge on any atom is 0.412 e. The monoisotopic (exact) mass is 407 g/mol. The topological polar surface area (TPSA) is 124 Å². The molecule has 8 nitrogen and oxygen atoms in total. The molecule has 0 bridgehead atoms. The van der Waals surface area contributed by atoms with Crippen LogP contribution in [0.25, 0.3) is 10.8 Å². The van der Waals surface area contributed by atoms with Gasteiger partial charge in [0.15, 0.2) is 0 Å². The van der Waals surface area contributed by atoms with Gasteiger partial charge in [-0.25, -0.2) is 14.2 Å². The second kappa shape index (κ2) is 10.7. The number of benzene rings is 1. The molecule has 0 fully saturated rings. The number of halogens is 1. The number of carbonyl (C=O) groups excluding carboxylic acids is 2. The van der Waals surface area contributed by atoms with Gasteiger partial charge in [-0.15, -0.1) is 0 Å². The Labute approximate surface area is 168 Å². The molecular weight excluding hydrogens is 381 g/mol. The number of anilines is 1. The highest BCUT2D eigenvalue weighted by molar-refractivity contribution is 5.89. The first-order chi connectivity index (χ1) is 13.8. The molecule has 2 rings (SSSR count). The number of amides is 1. The molecule has 1 aromatic carbocycles. The average molecular weight is 407 g/mol. The maximum absolute atomic E-state index is 13.3. The quantitative estimate of drug-likeness (QED) is 0.431. The van der Waals surface area contributed by atoms with Gasteiger partial charge >= 0.3 is 12.1 Å². The highest BCUT2D eigenvalue weighted by Gasteiger charge is 2.19. The third kappa shape index (κ3) is 7.28.